The van der Waals surface area contributed by atoms with Crippen LogP contribution in [0.2, 0.25) is 0 Å². The van der Waals surface area contributed by atoms with Gasteiger partial charge in [0, 0.05) is 10.0 Å². The maximum Gasteiger partial charge on any atom is 0.124 e. The zero-order valence-corrected chi connectivity index (χ0v) is 11.2. The third-order valence-corrected chi connectivity index (χ3v) is 3.55. The Bertz CT molecular complexity index is 702. The third kappa shape index (κ3) is 2.00. The molecule has 0 aliphatic carbocycles. The predicted molar refractivity (Wildman–Crippen MR) is 78.7 cm³/mol. The molecule has 0 aliphatic rings. The number of halogens is 1. The quantitative estimate of drug-likeness (QED) is 0.672. The molecule has 88 valence electrons. The molecule has 0 unspecified atom stereocenters. The molecule has 3 aromatic rings. The highest BCUT2D eigenvalue weighted by Crippen LogP contribution is 2.33. The Kier molecular flexibility index (Phi) is 2.80. The summed E-state index contributed by atoms with van der Waals surface area (Å²) in [6.45, 7) is 0. The third-order valence-electron chi connectivity index (χ3n) is 3.02. The van der Waals surface area contributed by atoms with E-state index in [1.807, 2.05) is 54.6 Å². The van der Waals surface area contributed by atoms with Crippen LogP contribution >= 0.6 is 15.9 Å². The lowest BCUT2D eigenvalue weighted by Gasteiger charge is -2.07. The Morgan fingerprint density at radius 1 is 0.778 bits per heavy atom. The highest BCUT2D eigenvalue weighted by molar-refractivity contribution is 9.10. The van der Waals surface area contributed by atoms with Crippen LogP contribution in [0.1, 0.15) is 0 Å². The van der Waals surface area contributed by atoms with Crippen molar-refractivity contribution in [1.29, 1.82) is 0 Å². The van der Waals surface area contributed by atoms with Gasteiger partial charge in [0.15, 0.2) is 0 Å². The molecule has 0 heterocycles. The zero-order valence-electron chi connectivity index (χ0n) is 9.60. The summed E-state index contributed by atoms with van der Waals surface area (Å²) >= 11 is 3.41. The topological polar surface area (TPSA) is 20.2 Å². The molecule has 3 aromatic carbocycles. The summed E-state index contributed by atoms with van der Waals surface area (Å²) in [5, 5.41) is 12.3. The highest BCUT2D eigenvalue weighted by Gasteiger charge is 2.06. The molecule has 0 aliphatic heterocycles. The van der Waals surface area contributed by atoms with Crippen molar-refractivity contribution >= 4 is 26.7 Å². The van der Waals surface area contributed by atoms with Crippen molar-refractivity contribution in [2.75, 3.05) is 0 Å². The average molecular weight is 299 g/mol. The van der Waals surface area contributed by atoms with Gasteiger partial charge in [-0.05, 0) is 40.6 Å². The summed E-state index contributed by atoms with van der Waals surface area (Å²) in [6, 6.07) is 19.8. The maximum absolute atomic E-state index is 10.1. The summed E-state index contributed by atoms with van der Waals surface area (Å²) in [4.78, 5) is 0. The van der Waals surface area contributed by atoms with Gasteiger partial charge in [-0.15, -0.1) is 0 Å². The standard InChI is InChI=1S/C16H11BrO/c17-14-7-5-11(6-8-14)15-9-12-3-1-2-4-13(12)10-16(15)18/h1-10,18H. The number of benzene rings is 3. The Balaban J connectivity index is 2.22. The molecule has 0 fully saturated rings. The molecule has 0 saturated heterocycles. The van der Waals surface area contributed by atoms with Crippen molar-refractivity contribution in [3.63, 3.8) is 0 Å². The van der Waals surface area contributed by atoms with Gasteiger partial charge < -0.3 is 5.11 Å². The van der Waals surface area contributed by atoms with E-state index in [2.05, 4.69) is 22.0 Å². The molecule has 0 saturated carbocycles. The maximum atomic E-state index is 10.1. The van der Waals surface area contributed by atoms with Crippen LogP contribution in [0.25, 0.3) is 21.9 Å². The minimum Gasteiger partial charge on any atom is -0.507 e. The second-order valence-electron chi connectivity index (χ2n) is 4.22. The number of hydrogen-bond donors (Lipinski definition) is 1. The smallest absolute Gasteiger partial charge is 0.124 e. The van der Waals surface area contributed by atoms with Gasteiger partial charge >= 0.3 is 0 Å². The monoisotopic (exact) mass is 298 g/mol. The lowest BCUT2D eigenvalue weighted by atomic mass is 10.0. The van der Waals surface area contributed by atoms with Crippen LogP contribution in [0.15, 0.2) is 65.1 Å². The number of hydrogen-bond acceptors (Lipinski definition) is 1. The van der Waals surface area contributed by atoms with Gasteiger partial charge in [0.2, 0.25) is 0 Å². The van der Waals surface area contributed by atoms with Gasteiger partial charge in [-0.3, -0.25) is 0 Å². The van der Waals surface area contributed by atoms with Crippen molar-refractivity contribution in [2.24, 2.45) is 0 Å². The predicted octanol–water partition coefficient (Wildman–Crippen LogP) is 4.97. The molecule has 0 aromatic heterocycles. The second kappa shape index (κ2) is 4.46. The molecule has 1 N–H and O–H groups in total. The minimum atomic E-state index is 0.316. The molecule has 0 radical (unpaired) electrons. The van der Waals surface area contributed by atoms with Gasteiger partial charge in [-0.1, -0.05) is 52.3 Å². The first-order valence-corrected chi connectivity index (χ1v) is 6.51. The molecule has 0 bridgehead atoms. The fourth-order valence-electron chi connectivity index (χ4n) is 2.09. The van der Waals surface area contributed by atoms with Crippen molar-refractivity contribution in [3.8, 4) is 16.9 Å². The summed E-state index contributed by atoms with van der Waals surface area (Å²) in [6.07, 6.45) is 0. The largest absolute Gasteiger partial charge is 0.507 e. The van der Waals surface area contributed by atoms with Gasteiger partial charge in [-0.25, -0.2) is 0 Å². The van der Waals surface area contributed by atoms with Crippen LogP contribution in [0.3, 0.4) is 0 Å². The summed E-state index contributed by atoms with van der Waals surface area (Å²) in [7, 11) is 0. The first-order chi connectivity index (χ1) is 8.74. The molecule has 3 rings (SSSR count). The average Bonchev–Trinajstić information content (AvgIpc) is 2.39. The number of aromatic hydroxyl groups is 1. The number of fused-ring (bicyclic) bond motifs is 1. The molecule has 1 nitrogen and oxygen atoms in total. The molecular formula is C16H11BrO. The lowest BCUT2D eigenvalue weighted by molar-refractivity contribution is 0.478. The van der Waals surface area contributed by atoms with Gasteiger partial charge in [-0.2, -0.15) is 0 Å². The van der Waals surface area contributed by atoms with Crippen LogP contribution in [-0.2, 0) is 0 Å². The van der Waals surface area contributed by atoms with E-state index in [0.717, 1.165) is 26.4 Å². The minimum absolute atomic E-state index is 0.316. The fourth-order valence-corrected chi connectivity index (χ4v) is 2.35. The summed E-state index contributed by atoms with van der Waals surface area (Å²) < 4.78 is 1.03. The normalized spacial score (nSPS) is 10.7. The number of phenols is 1. The molecular weight excluding hydrogens is 288 g/mol. The molecule has 0 spiro atoms. The van der Waals surface area contributed by atoms with E-state index in [0.29, 0.717) is 5.75 Å². The van der Waals surface area contributed by atoms with E-state index < -0.39 is 0 Å². The first-order valence-electron chi connectivity index (χ1n) is 5.72. The van der Waals surface area contributed by atoms with E-state index in [1.165, 1.54) is 0 Å². The van der Waals surface area contributed by atoms with E-state index in [4.69, 9.17) is 0 Å². The van der Waals surface area contributed by atoms with E-state index in [-0.39, 0.29) is 0 Å². The molecule has 0 atom stereocenters. The van der Waals surface area contributed by atoms with E-state index in [1.54, 1.807) is 0 Å². The van der Waals surface area contributed by atoms with Crippen LogP contribution < -0.4 is 0 Å². The highest BCUT2D eigenvalue weighted by atomic mass is 79.9. The van der Waals surface area contributed by atoms with E-state index in [9.17, 15) is 5.11 Å². The van der Waals surface area contributed by atoms with Crippen molar-refractivity contribution in [1.82, 2.24) is 0 Å². The lowest BCUT2D eigenvalue weighted by Crippen LogP contribution is -1.81. The second-order valence-corrected chi connectivity index (χ2v) is 5.14. The van der Waals surface area contributed by atoms with Crippen LogP contribution in [0, 0.1) is 0 Å². The first kappa shape index (κ1) is 11.3. The van der Waals surface area contributed by atoms with Gasteiger partial charge in [0.05, 0.1) is 0 Å². The fraction of sp³-hybridized carbons (Fsp3) is 0. The Morgan fingerprint density at radius 3 is 2.06 bits per heavy atom. The number of rotatable bonds is 1. The molecule has 18 heavy (non-hydrogen) atoms. The Morgan fingerprint density at radius 2 is 1.39 bits per heavy atom. The van der Waals surface area contributed by atoms with Crippen molar-refractivity contribution in [3.05, 3.63) is 65.1 Å². The molecule has 0 amide bonds. The van der Waals surface area contributed by atoms with Crippen molar-refractivity contribution in [2.45, 2.75) is 0 Å². The van der Waals surface area contributed by atoms with Crippen molar-refractivity contribution < 1.29 is 5.11 Å². The Labute approximate surface area is 114 Å². The molecule has 2 heteroatoms. The Hall–Kier alpha value is -1.80. The van der Waals surface area contributed by atoms with E-state index >= 15 is 0 Å². The van der Waals surface area contributed by atoms with Crippen LogP contribution in [0.5, 0.6) is 5.75 Å². The van der Waals surface area contributed by atoms with Crippen LogP contribution in [0.4, 0.5) is 0 Å². The summed E-state index contributed by atoms with van der Waals surface area (Å²) in [5.74, 6) is 0.316. The SMILES string of the molecule is Oc1cc2ccccc2cc1-c1ccc(Br)cc1. The van der Waals surface area contributed by atoms with Gasteiger partial charge in [0.25, 0.3) is 0 Å². The number of phenolic OH excluding ortho intramolecular Hbond substituents is 1. The summed E-state index contributed by atoms with van der Waals surface area (Å²) in [5.41, 5.74) is 1.88. The van der Waals surface area contributed by atoms with Crippen LogP contribution in [-0.4, -0.2) is 5.11 Å². The van der Waals surface area contributed by atoms with Gasteiger partial charge in [0.1, 0.15) is 5.75 Å². The zero-order chi connectivity index (χ0) is 12.5.